The summed E-state index contributed by atoms with van der Waals surface area (Å²) in [6.45, 7) is 4.02. The summed E-state index contributed by atoms with van der Waals surface area (Å²) in [6, 6.07) is 6.39. The van der Waals surface area contributed by atoms with E-state index in [1.54, 1.807) is 30.3 Å². The van der Waals surface area contributed by atoms with Crippen molar-refractivity contribution in [1.29, 1.82) is 0 Å². The molecule has 0 bridgehead atoms. The second-order valence-electron chi connectivity index (χ2n) is 10.6. The van der Waals surface area contributed by atoms with Crippen LogP contribution in [0.1, 0.15) is 29.4 Å². The lowest BCUT2D eigenvalue weighted by molar-refractivity contribution is -0.730. The monoisotopic (exact) mass is 620 g/mol. The van der Waals surface area contributed by atoms with Gasteiger partial charge in [-0.2, -0.15) is 0 Å². The van der Waals surface area contributed by atoms with E-state index in [2.05, 4.69) is 5.10 Å². The molecule has 0 amide bonds. The molecule has 0 N–H and O–H groups in total. The Morgan fingerprint density at radius 1 is 0.714 bits per heavy atom. The highest BCUT2D eigenvalue weighted by Gasteiger charge is 2.59. The largest absolute Gasteiger partial charge is 0.401 e. The molecule has 1 aromatic heterocycles. The molecule has 1 aliphatic heterocycles. The molecule has 5 rings (SSSR count). The fourth-order valence-electron chi connectivity index (χ4n) is 5.31. The van der Waals surface area contributed by atoms with Gasteiger partial charge in [-0.25, -0.2) is 48.5 Å². The number of para-hydroxylation sites is 1. The smallest absolute Gasteiger partial charge is 0.278 e. The quantitative estimate of drug-likeness (QED) is 0.0778. The lowest BCUT2D eigenvalue weighted by Crippen LogP contribution is -2.56. The van der Waals surface area contributed by atoms with Crippen LogP contribution in [0.2, 0.25) is 19.6 Å². The van der Waals surface area contributed by atoms with Crippen molar-refractivity contribution in [2.24, 2.45) is 0 Å². The maximum Gasteiger partial charge on any atom is 0.278 e. The second-order valence-corrected chi connectivity index (χ2v) is 15.0. The minimum atomic E-state index is -3.48. The van der Waals surface area contributed by atoms with Crippen molar-refractivity contribution >= 4 is 8.32 Å². The molecule has 0 spiro atoms. The zero-order valence-electron chi connectivity index (χ0n) is 22.0. The molecule has 4 aromatic rings. The summed E-state index contributed by atoms with van der Waals surface area (Å²) in [5.41, 5.74) is -6.81. The van der Waals surface area contributed by atoms with Gasteiger partial charge in [0, 0.05) is 11.5 Å². The van der Waals surface area contributed by atoms with Crippen molar-refractivity contribution in [3.63, 3.8) is 0 Å². The van der Waals surface area contributed by atoms with Gasteiger partial charge < -0.3 is 4.43 Å². The van der Waals surface area contributed by atoms with Gasteiger partial charge in [0.15, 0.2) is 60.5 Å². The summed E-state index contributed by atoms with van der Waals surface area (Å²) in [7, 11) is -3.48. The van der Waals surface area contributed by atoms with Crippen molar-refractivity contribution in [1.82, 2.24) is 9.78 Å². The Kier molecular flexibility index (Phi) is 7.24. The Hall–Kier alpha value is -3.72. The number of hydrogen-bond donors (Lipinski definition) is 0. The van der Waals surface area contributed by atoms with Gasteiger partial charge in [-0.3, -0.25) is 0 Å². The molecule has 0 fully saturated rings. The zero-order chi connectivity index (χ0) is 30.9. The van der Waals surface area contributed by atoms with E-state index in [1.807, 2.05) is 0 Å². The molecule has 15 heteroatoms. The molecular formula is C27H20F10N3OSi+. The van der Waals surface area contributed by atoms with E-state index in [1.165, 1.54) is 30.7 Å². The van der Waals surface area contributed by atoms with Gasteiger partial charge >= 0.3 is 0 Å². The van der Waals surface area contributed by atoms with Crippen molar-refractivity contribution in [2.75, 3.05) is 0 Å². The minimum Gasteiger partial charge on any atom is -0.401 e. The normalized spacial score (nSPS) is 15.4. The Balaban J connectivity index is 1.97. The summed E-state index contributed by atoms with van der Waals surface area (Å²) < 4.78 is 158. The molecule has 2 heterocycles. The molecule has 4 nitrogen and oxygen atoms in total. The number of benzene rings is 3. The fourth-order valence-corrected chi connectivity index (χ4v) is 6.61. The van der Waals surface area contributed by atoms with Crippen LogP contribution in [0.15, 0.2) is 36.7 Å². The van der Waals surface area contributed by atoms with Crippen molar-refractivity contribution in [2.45, 2.75) is 44.1 Å². The molecule has 1 atom stereocenters. The van der Waals surface area contributed by atoms with E-state index in [4.69, 9.17) is 4.43 Å². The molecule has 0 saturated carbocycles. The first-order chi connectivity index (χ1) is 19.6. The molecule has 0 aliphatic carbocycles. The van der Waals surface area contributed by atoms with E-state index in [0.717, 1.165) is 4.57 Å². The number of hydrogen-bond acceptors (Lipinski definition) is 2. The molecule has 42 heavy (non-hydrogen) atoms. The number of aryl methyl sites for hydroxylation is 1. The summed E-state index contributed by atoms with van der Waals surface area (Å²) in [4.78, 5) is 0. The summed E-state index contributed by atoms with van der Waals surface area (Å²) >= 11 is 0. The van der Waals surface area contributed by atoms with E-state index in [0.29, 0.717) is 5.69 Å². The molecule has 0 saturated heterocycles. The maximum atomic E-state index is 15.7. The topological polar surface area (TPSA) is 30.9 Å². The van der Waals surface area contributed by atoms with Crippen LogP contribution >= 0.6 is 0 Å². The lowest BCUT2D eigenvalue weighted by atomic mass is 9.77. The summed E-state index contributed by atoms with van der Waals surface area (Å²) in [6.07, 6.45) is 0.760. The first kappa shape index (κ1) is 29.8. The Bertz CT molecular complexity index is 1590. The first-order valence-corrected chi connectivity index (χ1v) is 15.8. The predicted molar refractivity (Wildman–Crippen MR) is 129 cm³/mol. The van der Waals surface area contributed by atoms with Gasteiger partial charge in [0.05, 0.1) is 11.1 Å². The van der Waals surface area contributed by atoms with Crippen LogP contribution in [0, 0.1) is 58.2 Å². The van der Waals surface area contributed by atoms with E-state index in [-0.39, 0.29) is 18.7 Å². The number of fused-ring (bicyclic) bond motifs is 1. The highest BCUT2D eigenvalue weighted by molar-refractivity contribution is 6.69. The van der Waals surface area contributed by atoms with Gasteiger partial charge in [-0.05, 0) is 38.2 Å². The van der Waals surface area contributed by atoms with Crippen LogP contribution in [-0.4, -0.2) is 18.1 Å². The van der Waals surface area contributed by atoms with Gasteiger partial charge in [0.1, 0.15) is 11.7 Å². The Labute approximate surface area is 232 Å². The molecule has 222 valence electrons. The number of rotatable bonds is 6. The van der Waals surface area contributed by atoms with Crippen LogP contribution in [0.4, 0.5) is 43.9 Å². The highest BCUT2D eigenvalue weighted by atomic mass is 28.4. The van der Waals surface area contributed by atoms with Crippen LogP contribution in [0.3, 0.4) is 0 Å². The fraction of sp³-hybridized carbons (Fsp3) is 0.259. The van der Waals surface area contributed by atoms with Gasteiger partial charge in [0.25, 0.3) is 5.82 Å². The average Bonchev–Trinajstić information content (AvgIpc) is 3.54. The highest BCUT2D eigenvalue weighted by Crippen LogP contribution is 2.51. The van der Waals surface area contributed by atoms with Crippen molar-refractivity contribution < 1.29 is 52.9 Å². The number of aromatic nitrogens is 3. The maximum absolute atomic E-state index is 15.7. The number of halogens is 10. The van der Waals surface area contributed by atoms with Crippen LogP contribution in [-0.2, 0) is 16.4 Å². The van der Waals surface area contributed by atoms with Crippen LogP contribution in [0.25, 0.3) is 5.69 Å². The minimum absolute atomic E-state index is 0.0912. The van der Waals surface area contributed by atoms with Crippen LogP contribution < -0.4 is 4.57 Å². The third kappa shape index (κ3) is 4.40. The molecule has 3 aromatic carbocycles. The average molecular weight is 621 g/mol. The Morgan fingerprint density at radius 2 is 1.14 bits per heavy atom. The van der Waals surface area contributed by atoms with Crippen molar-refractivity contribution in [3.05, 3.63) is 112 Å². The first-order valence-electron chi connectivity index (χ1n) is 12.4. The summed E-state index contributed by atoms with van der Waals surface area (Å²) in [5, 5.41) is 4.34. The van der Waals surface area contributed by atoms with Gasteiger partial charge in [-0.1, -0.05) is 22.9 Å². The van der Waals surface area contributed by atoms with Crippen LogP contribution in [0.5, 0.6) is 0 Å². The predicted octanol–water partition coefficient (Wildman–Crippen LogP) is 6.83. The Morgan fingerprint density at radius 3 is 1.57 bits per heavy atom. The SMILES string of the molecule is C[Si](C)(C)OC(c1c(F)c(F)c(F)c(F)c1F)(c1c(F)c(F)c(F)c(F)c1F)[C@@H]1CCc2nn(-c3ccccc3)c[n+]21. The third-order valence-corrected chi connectivity index (χ3v) is 7.79. The van der Waals surface area contributed by atoms with E-state index >= 15 is 17.6 Å². The molecule has 0 unspecified atom stereocenters. The molecule has 1 aliphatic rings. The van der Waals surface area contributed by atoms with Gasteiger partial charge in [0.2, 0.25) is 18.0 Å². The summed E-state index contributed by atoms with van der Waals surface area (Å²) in [5.74, 6) is -25.3. The molecular weight excluding hydrogens is 600 g/mol. The second kappa shape index (κ2) is 10.2. The van der Waals surface area contributed by atoms with E-state index < -0.39 is 89.3 Å². The van der Waals surface area contributed by atoms with E-state index in [9.17, 15) is 26.3 Å². The standard InChI is InChI=1S/C27H20F10N3OSi/c1-42(2,3)41-27(15-17(28)21(32)25(36)22(33)18(15)29,16-19(30)23(34)26(37)24(35)20(16)31)13-9-10-14-38-40(11-39(13)14)12-7-5-4-6-8-12/h4-8,11,13H,9-10H2,1-3H3/q+1/t13-/m0/s1. The van der Waals surface area contributed by atoms with Crippen molar-refractivity contribution in [3.8, 4) is 5.69 Å². The van der Waals surface area contributed by atoms with Gasteiger partial charge in [-0.15, -0.1) is 0 Å². The third-order valence-electron chi connectivity index (χ3n) is 6.85. The zero-order valence-corrected chi connectivity index (χ0v) is 23.0. The lowest BCUT2D eigenvalue weighted by Gasteiger charge is -2.43. The molecule has 0 radical (unpaired) electrons. The number of nitrogens with zero attached hydrogens (tertiary/aromatic N) is 3.